The first-order valence-electron chi connectivity index (χ1n) is 11.5. The van der Waals surface area contributed by atoms with E-state index in [0.29, 0.717) is 21.4 Å². The summed E-state index contributed by atoms with van der Waals surface area (Å²) in [6.07, 6.45) is 3.74. The molecule has 0 spiro atoms. The zero-order valence-corrected chi connectivity index (χ0v) is 21.0. The third-order valence-electron chi connectivity index (χ3n) is 5.48. The fourth-order valence-corrected chi connectivity index (χ4v) is 4.57. The largest absolute Gasteiger partial charge is 0.497 e. The van der Waals surface area contributed by atoms with Gasteiger partial charge in [-0.05, 0) is 78.5 Å². The van der Waals surface area contributed by atoms with E-state index < -0.39 is 0 Å². The van der Waals surface area contributed by atoms with Crippen molar-refractivity contribution in [3.05, 3.63) is 95.5 Å². The molecule has 0 atom stereocenters. The normalized spacial score (nSPS) is 15.1. The van der Waals surface area contributed by atoms with Crippen LogP contribution in [0.4, 0.5) is 11.4 Å². The molecule has 37 heavy (non-hydrogen) atoms. The summed E-state index contributed by atoms with van der Waals surface area (Å²) in [7, 11) is 1.63. The molecule has 2 N–H and O–H groups in total. The van der Waals surface area contributed by atoms with Crippen LogP contribution >= 0.6 is 11.8 Å². The number of thioether (sulfide) groups is 1. The third kappa shape index (κ3) is 5.62. The van der Waals surface area contributed by atoms with Gasteiger partial charge in [0, 0.05) is 29.9 Å². The van der Waals surface area contributed by atoms with Crippen LogP contribution in [0, 0.1) is 0 Å². The average molecular weight is 510 g/mol. The molecule has 3 aromatic carbocycles. The van der Waals surface area contributed by atoms with Gasteiger partial charge >= 0.3 is 0 Å². The molecule has 0 saturated carbocycles. The zero-order valence-electron chi connectivity index (χ0n) is 20.1. The highest BCUT2D eigenvalue weighted by atomic mass is 32.2. The van der Waals surface area contributed by atoms with Gasteiger partial charge in [-0.1, -0.05) is 18.2 Å². The summed E-state index contributed by atoms with van der Waals surface area (Å²) in [5.41, 5.74) is 4.70. The molecule has 1 aromatic heterocycles. The van der Waals surface area contributed by atoms with Gasteiger partial charge in [-0.15, -0.1) is 0 Å². The molecule has 4 aromatic rings. The number of methoxy groups -OCH3 is 1. The third-order valence-corrected chi connectivity index (χ3v) is 6.39. The molecule has 0 bridgehead atoms. The summed E-state index contributed by atoms with van der Waals surface area (Å²) in [6.45, 7) is 1.45. The highest BCUT2D eigenvalue weighted by molar-refractivity contribution is 8.18. The van der Waals surface area contributed by atoms with Gasteiger partial charge in [0.15, 0.2) is 5.17 Å². The first kappa shape index (κ1) is 24.1. The molecule has 2 amide bonds. The smallest absolute Gasteiger partial charge is 0.264 e. The highest BCUT2D eigenvalue weighted by Crippen LogP contribution is 2.32. The van der Waals surface area contributed by atoms with Crippen molar-refractivity contribution in [2.45, 2.75) is 6.92 Å². The number of ether oxygens (including phenoxy) is 1. The number of aliphatic imine (C=N–C) groups is 1. The van der Waals surface area contributed by atoms with Gasteiger partial charge in [0.05, 0.1) is 29.1 Å². The lowest BCUT2D eigenvalue weighted by Crippen LogP contribution is -2.19. The Labute approximate surface area is 218 Å². The van der Waals surface area contributed by atoms with Crippen LogP contribution in [0.15, 0.2) is 95.0 Å². The molecule has 1 fully saturated rings. The zero-order chi connectivity index (χ0) is 25.8. The van der Waals surface area contributed by atoms with Crippen LogP contribution in [0.25, 0.3) is 23.0 Å². The summed E-state index contributed by atoms with van der Waals surface area (Å²) in [5.74, 6) is 0.381. The molecule has 5 rings (SSSR count). The molecular formula is C28H23N5O3S. The van der Waals surface area contributed by atoms with Crippen molar-refractivity contribution in [3.63, 3.8) is 0 Å². The summed E-state index contributed by atoms with van der Waals surface area (Å²) in [5, 5.41) is 10.8. The molecule has 1 aliphatic heterocycles. The van der Waals surface area contributed by atoms with Crippen molar-refractivity contribution >= 4 is 46.2 Å². The Morgan fingerprint density at radius 1 is 1.05 bits per heavy atom. The van der Waals surface area contributed by atoms with E-state index >= 15 is 0 Å². The fourth-order valence-electron chi connectivity index (χ4n) is 3.74. The van der Waals surface area contributed by atoms with Crippen LogP contribution in [-0.4, -0.2) is 33.9 Å². The van der Waals surface area contributed by atoms with E-state index in [2.05, 4.69) is 15.6 Å². The second-order valence-corrected chi connectivity index (χ2v) is 9.18. The molecule has 8 nitrogen and oxygen atoms in total. The van der Waals surface area contributed by atoms with Crippen molar-refractivity contribution in [2.24, 2.45) is 4.99 Å². The van der Waals surface area contributed by atoms with Gasteiger partial charge in [0.2, 0.25) is 5.91 Å². The molecule has 1 aliphatic rings. The standard InChI is InChI=1S/C28H23N5O3S/c1-18(34)29-21-10-12-22(13-11-21)30-28-31-27(35)25(37-28)16-20-17-33(23-6-4-3-5-7-23)32-26(20)19-8-14-24(36-2)15-9-19/h3-17H,1-2H3,(H,29,34)(H,30,31,35)/b25-16-. The van der Waals surface area contributed by atoms with Crippen molar-refractivity contribution in [3.8, 4) is 22.7 Å². The molecule has 0 unspecified atom stereocenters. The number of hydrogen-bond donors (Lipinski definition) is 2. The first-order valence-corrected chi connectivity index (χ1v) is 12.3. The number of nitrogens with one attached hydrogen (secondary N) is 2. The van der Waals surface area contributed by atoms with Gasteiger partial charge in [0.25, 0.3) is 5.91 Å². The minimum atomic E-state index is -0.230. The molecular weight excluding hydrogens is 486 g/mol. The van der Waals surface area contributed by atoms with Gasteiger partial charge < -0.3 is 15.4 Å². The van der Waals surface area contributed by atoms with E-state index in [-0.39, 0.29) is 11.8 Å². The fraction of sp³-hybridized carbons (Fsp3) is 0.0714. The van der Waals surface area contributed by atoms with Crippen LogP contribution in [-0.2, 0) is 9.59 Å². The van der Waals surface area contributed by atoms with Crippen LogP contribution < -0.4 is 15.4 Å². The van der Waals surface area contributed by atoms with E-state index in [1.165, 1.54) is 18.7 Å². The Balaban J connectivity index is 1.46. The summed E-state index contributed by atoms with van der Waals surface area (Å²) < 4.78 is 7.09. The van der Waals surface area contributed by atoms with Crippen LogP contribution in [0.1, 0.15) is 12.5 Å². The van der Waals surface area contributed by atoms with Crippen LogP contribution in [0.5, 0.6) is 5.75 Å². The SMILES string of the molecule is COc1ccc(-c2nn(-c3ccccc3)cc2/C=C2\SC(=Nc3ccc(NC(C)=O)cc3)NC2=O)cc1. The monoisotopic (exact) mass is 509 g/mol. The Bertz CT molecular complexity index is 1510. The Kier molecular flexibility index (Phi) is 6.87. The second kappa shape index (κ2) is 10.5. The number of amides is 2. The lowest BCUT2D eigenvalue weighted by molar-refractivity contribution is -0.115. The lowest BCUT2D eigenvalue weighted by atomic mass is 10.1. The highest BCUT2D eigenvalue weighted by Gasteiger charge is 2.25. The quantitative estimate of drug-likeness (QED) is 0.339. The molecule has 9 heteroatoms. The number of rotatable bonds is 6. The first-order chi connectivity index (χ1) is 18.0. The van der Waals surface area contributed by atoms with Crippen LogP contribution in [0.2, 0.25) is 0 Å². The van der Waals surface area contributed by atoms with E-state index in [4.69, 9.17) is 9.84 Å². The molecule has 2 heterocycles. The number of anilines is 1. The maximum atomic E-state index is 12.8. The number of para-hydroxylation sites is 1. The van der Waals surface area contributed by atoms with Gasteiger partial charge in [-0.3, -0.25) is 9.59 Å². The Morgan fingerprint density at radius 3 is 2.46 bits per heavy atom. The van der Waals surface area contributed by atoms with E-state index in [1.54, 1.807) is 36.1 Å². The van der Waals surface area contributed by atoms with E-state index in [9.17, 15) is 9.59 Å². The summed E-state index contributed by atoms with van der Waals surface area (Å²) in [6, 6.07) is 24.5. The Hall–Kier alpha value is -4.63. The lowest BCUT2D eigenvalue weighted by Gasteiger charge is -2.03. The summed E-state index contributed by atoms with van der Waals surface area (Å²) >= 11 is 1.26. The Morgan fingerprint density at radius 2 is 1.78 bits per heavy atom. The van der Waals surface area contributed by atoms with E-state index in [1.807, 2.05) is 66.9 Å². The van der Waals surface area contributed by atoms with Gasteiger partial charge in [-0.25, -0.2) is 9.67 Å². The van der Waals surface area contributed by atoms with Crippen molar-refractivity contribution in [1.82, 2.24) is 15.1 Å². The predicted octanol–water partition coefficient (Wildman–Crippen LogP) is 5.40. The number of hydrogen-bond acceptors (Lipinski definition) is 6. The minimum absolute atomic E-state index is 0.142. The predicted molar refractivity (Wildman–Crippen MR) is 147 cm³/mol. The van der Waals surface area contributed by atoms with Crippen LogP contribution in [0.3, 0.4) is 0 Å². The van der Waals surface area contributed by atoms with E-state index in [0.717, 1.165) is 28.3 Å². The number of benzene rings is 3. The molecule has 184 valence electrons. The second-order valence-electron chi connectivity index (χ2n) is 8.15. The number of carbonyl (C=O) groups excluding carboxylic acids is 2. The number of amidine groups is 1. The van der Waals surface area contributed by atoms with Crippen molar-refractivity contribution in [2.75, 3.05) is 12.4 Å². The number of carbonyl (C=O) groups is 2. The number of nitrogens with zero attached hydrogens (tertiary/aromatic N) is 3. The minimum Gasteiger partial charge on any atom is -0.497 e. The maximum absolute atomic E-state index is 12.8. The van der Waals surface area contributed by atoms with Crippen molar-refractivity contribution < 1.29 is 14.3 Å². The molecule has 0 radical (unpaired) electrons. The molecule has 1 saturated heterocycles. The maximum Gasteiger partial charge on any atom is 0.264 e. The topological polar surface area (TPSA) is 97.6 Å². The molecule has 0 aliphatic carbocycles. The summed E-state index contributed by atoms with van der Waals surface area (Å²) in [4.78, 5) is 29.1. The average Bonchev–Trinajstić information content (AvgIpc) is 3.48. The van der Waals surface area contributed by atoms with Gasteiger partial charge in [-0.2, -0.15) is 5.10 Å². The van der Waals surface area contributed by atoms with Gasteiger partial charge in [0.1, 0.15) is 5.75 Å². The van der Waals surface area contributed by atoms with Crippen molar-refractivity contribution in [1.29, 1.82) is 0 Å². The number of aromatic nitrogens is 2.